The third-order valence-electron chi connectivity index (χ3n) is 1.71. The van der Waals surface area contributed by atoms with Crippen molar-refractivity contribution >= 4 is 23.4 Å². The van der Waals surface area contributed by atoms with Crippen LogP contribution in [0.1, 0.15) is 11.3 Å². The van der Waals surface area contributed by atoms with Crippen LogP contribution in [0.5, 0.6) is 0 Å². The lowest BCUT2D eigenvalue weighted by Gasteiger charge is -2.07. The summed E-state index contributed by atoms with van der Waals surface area (Å²) in [7, 11) is 0. The molecule has 0 saturated carbocycles. The van der Waals surface area contributed by atoms with Crippen LogP contribution in [-0.2, 0) is 13.0 Å². The Balaban J connectivity index is 3.13. The van der Waals surface area contributed by atoms with Crippen LogP contribution in [0.25, 0.3) is 0 Å². The van der Waals surface area contributed by atoms with Crippen molar-refractivity contribution in [1.29, 1.82) is 0 Å². The maximum Gasteiger partial charge on any atom is 0.188 e. The quantitative estimate of drug-likeness (QED) is 0.460. The first-order valence-electron chi connectivity index (χ1n) is 4.04. The van der Waals surface area contributed by atoms with Gasteiger partial charge in [0.1, 0.15) is 5.15 Å². The van der Waals surface area contributed by atoms with Gasteiger partial charge in [-0.15, -0.1) is 0 Å². The molecule has 1 rings (SSSR count). The highest BCUT2D eigenvalue weighted by atomic mass is 35.5. The summed E-state index contributed by atoms with van der Waals surface area (Å²) in [5.41, 5.74) is 1.11. The molecule has 6 heteroatoms. The molecule has 0 radical (unpaired) electrons. The summed E-state index contributed by atoms with van der Waals surface area (Å²) in [5, 5.41) is 18.6. The summed E-state index contributed by atoms with van der Waals surface area (Å²) < 4.78 is 0. The molecule has 4 nitrogen and oxygen atoms in total. The Morgan fingerprint density at radius 3 is 2.57 bits per heavy atom. The highest BCUT2D eigenvalue weighted by molar-refractivity contribution is 7.98. The largest absolute Gasteiger partial charge is 0.396 e. The zero-order chi connectivity index (χ0) is 10.6. The van der Waals surface area contributed by atoms with Gasteiger partial charge in [0.25, 0.3) is 0 Å². The van der Waals surface area contributed by atoms with E-state index in [0.29, 0.717) is 22.8 Å². The first-order chi connectivity index (χ1) is 6.72. The van der Waals surface area contributed by atoms with Gasteiger partial charge in [0.15, 0.2) is 5.16 Å². The number of hydrogen-bond acceptors (Lipinski definition) is 5. The standard InChI is InChI=1S/C8H11ClN2O2S/c1-14-8-10-6(2-3-12)5(4-13)7(9)11-8/h12-13H,2-4H2,1H3. The zero-order valence-electron chi connectivity index (χ0n) is 7.70. The van der Waals surface area contributed by atoms with Gasteiger partial charge in [-0.05, 0) is 6.26 Å². The van der Waals surface area contributed by atoms with E-state index in [-0.39, 0.29) is 18.4 Å². The van der Waals surface area contributed by atoms with Crippen LogP contribution < -0.4 is 0 Å². The molecule has 78 valence electrons. The van der Waals surface area contributed by atoms with Crippen molar-refractivity contribution in [1.82, 2.24) is 9.97 Å². The zero-order valence-corrected chi connectivity index (χ0v) is 9.27. The molecule has 0 aliphatic heterocycles. The molecule has 0 fully saturated rings. The second-order valence-corrected chi connectivity index (χ2v) is 3.69. The van der Waals surface area contributed by atoms with E-state index in [2.05, 4.69) is 9.97 Å². The van der Waals surface area contributed by atoms with Gasteiger partial charge in [0.2, 0.25) is 0 Å². The Morgan fingerprint density at radius 2 is 2.07 bits per heavy atom. The van der Waals surface area contributed by atoms with E-state index in [1.165, 1.54) is 11.8 Å². The molecule has 0 aliphatic carbocycles. The second kappa shape index (κ2) is 5.50. The minimum Gasteiger partial charge on any atom is -0.396 e. The Bertz CT molecular complexity index is 322. The van der Waals surface area contributed by atoms with E-state index in [4.69, 9.17) is 21.8 Å². The minimum absolute atomic E-state index is 0.0197. The molecular weight excluding hydrogens is 224 g/mol. The van der Waals surface area contributed by atoms with Gasteiger partial charge in [-0.3, -0.25) is 0 Å². The Hall–Kier alpha value is -0.360. The van der Waals surface area contributed by atoms with E-state index < -0.39 is 0 Å². The molecule has 0 amide bonds. The van der Waals surface area contributed by atoms with Gasteiger partial charge in [0, 0.05) is 18.6 Å². The van der Waals surface area contributed by atoms with Gasteiger partial charge in [0.05, 0.1) is 12.3 Å². The number of hydrogen-bond donors (Lipinski definition) is 2. The van der Waals surface area contributed by atoms with Crippen LogP contribution in [0.2, 0.25) is 5.15 Å². The predicted molar refractivity (Wildman–Crippen MR) is 55.5 cm³/mol. The molecule has 0 unspecified atom stereocenters. The van der Waals surface area contributed by atoms with Crippen LogP contribution in [0.3, 0.4) is 0 Å². The number of rotatable bonds is 4. The van der Waals surface area contributed by atoms with Crippen molar-refractivity contribution in [2.24, 2.45) is 0 Å². The predicted octanol–water partition coefficient (Wildman–Crippen LogP) is 0.879. The van der Waals surface area contributed by atoms with Gasteiger partial charge in [-0.1, -0.05) is 23.4 Å². The van der Waals surface area contributed by atoms with Crippen molar-refractivity contribution in [3.05, 3.63) is 16.4 Å². The smallest absolute Gasteiger partial charge is 0.188 e. The highest BCUT2D eigenvalue weighted by Crippen LogP contribution is 2.20. The van der Waals surface area contributed by atoms with E-state index in [0.717, 1.165) is 0 Å². The highest BCUT2D eigenvalue weighted by Gasteiger charge is 2.11. The summed E-state index contributed by atoms with van der Waals surface area (Å²) in [4.78, 5) is 8.14. The summed E-state index contributed by atoms with van der Waals surface area (Å²) in [6.07, 6.45) is 2.22. The second-order valence-electron chi connectivity index (χ2n) is 2.56. The molecule has 1 heterocycles. The van der Waals surface area contributed by atoms with Crippen molar-refractivity contribution in [3.8, 4) is 0 Å². The number of thioether (sulfide) groups is 1. The summed E-state index contributed by atoms with van der Waals surface area (Å²) in [6.45, 7) is -0.225. The Labute approximate surface area is 91.3 Å². The normalized spacial score (nSPS) is 10.6. The van der Waals surface area contributed by atoms with Crippen LogP contribution >= 0.6 is 23.4 Å². The fourth-order valence-electron chi connectivity index (χ4n) is 1.04. The van der Waals surface area contributed by atoms with E-state index >= 15 is 0 Å². The molecule has 0 atom stereocenters. The van der Waals surface area contributed by atoms with Gasteiger partial charge < -0.3 is 10.2 Å². The minimum atomic E-state index is -0.206. The molecule has 1 aromatic heterocycles. The third-order valence-corrected chi connectivity index (χ3v) is 2.57. The van der Waals surface area contributed by atoms with Crippen molar-refractivity contribution in [3.63, 3.8) is 0 Å². The average Bonchev–Trinajstić information content (AvgIpc) is 2.18. The summed E-state index contributed by atoms with van der Waals surface area (Å²) in [5.74, 6) is 0. The van der Waals surface area contributed by atoms with Crippen molar-refractivity contribution < 1.29 is 10.2 Å². The number of nitrogens with zero attached hydrogens (tertiary/aromatic N) is 2. The first kappa shape index (κ1) is 11.7. The molecule has 0 aromatic carbocycles. The van der Waals surface area contributed by atoms with Gasteiger partial charge >= 0.3 is 0 Å². The van der Waals surface area contributed by atoms with Crippen molar-refractivity contribution in [2.75, 3.05) is 12.9 Å². The molecular formula is C8H11ClN2O2S. The number of aromatic nitrogens is 2. The molecule has 0 saturated heterocycles. The van der Waals surface area contributed by atoms with E-state index in [1.54, 1.807) is 0 Å². The molecule has 0 spiro atoms. The third kappa shape index (κ3) is 2.57. The van der Waals surface area contributed by atoms with Crippen LogP contribution in [-0.4, -0.2) is 33.0 Å². The lowest BCUT2D eigenvalue weighted by atomic mass is 10.2. The van der Waals surface area contributed by atoms with Crippen LogP contribution in [0, 0.1) is 0 Å². The number of aliphatic hydroxyl groups is 2. The van der Waals surface area contributed by atoms with Crippen LogP contribution in [0.15, 0.2) is 5.16 Å². The van der Waals surface area contributed by atoms with Crippen molar-refractivity contribution in [2.45, 2.75) is 18.2 Å². The SMILES string of the molecule is CSc1nc(Cl)c(CO)c(CCO)n1. The topological polar surface area (TPSA) is 66.2 Å². The molecule has 1 aromatic rings. The lowest BCUT2D eigenvalue weighted by Crippen LogP contribution is -2.05. The average molecular weight is 235 g/mol. The first-order valence-corrected chi connectivity index (χ1v) is 5.64. The molecule has 2 N–H and O–H groups in total. The van der Waals surface area contributed by atoms with Gasteiger partial charge in [-0.2, -0.15) is 0 Å². The maximum absolute atomic E-state index is 9.04. The molecule has 0 aliphatic rings. The number of halogens is 1. The van der Waals surface area contributed by atoms with E-state index in [1.807, 2.05) is 6.26 Å². The molecule has 14 heavy (non-hydrogen) atoms. The fourth-order valence-corrected chi connectivity index (χ4v) is 1.72. The van der Waals surface area contributed by atoms with E-state index in [9.17, 15) is 0 Å². The summed E-state index contributed by atoms with van der Waals surface area (Å²) in [6, 6.07) is 0. The summed E-state index contributed by atoms with van der Waals surface area (Å²) >= 11 is 7.22. The Kier molecular flexibility index (Phi) is 4.60. The lowest BCUT2D eigenvalue weighted by molar-refractivity contribution is 0.273. The van der Waals surface area contributed by atoms with Crippen LogP contribution in [0.4, 0.5) is 0 Å². The Morgan fingerprint density at radius 1 is 1.36 bits per heavy atom. The van der Waals surface area contributed by atoms with Gasteiger partial charge in [-0.25, -0.2) is 9.97 Å². The monoisotopic (exact) mass is 234 g/mol. The molecule has 0 bridgehead atoms. The fraction of sp³-hybridized carbons (Fsp3) is 0.500. The maximum atomic E-state index is 9.04. The number of aliphatic hydroxyl groups excluding tert-OH is 2.